The van der Waals surface area contributed by atoms with Crippen LogP contribution in [-0.4, -0.2) is 26.1 Å². The van der Waals surface area contributed by atoms with Crippen molar-refractivity contribution < 1.29 is 13.2 Å². The minimum atomic E-state index is -3.61. The van der Waals surface area contributed by atoms with Crippen LogP contribution in [0.25, 0.3) is 0 Å². The van der Waals surface area contributed by atoms with Gasteiger partial charge in [-0.05, 0) is 43.4 Å². The normalized spacial score (nSPS) is 17.5. The number of benzene rings is 1. The first-order chi connectivity index (χ1) is 11.3. The van der Waals surface area contributed by atoms with E-state index in [2.05, 4.69) is 5.32 Å². The van der Waals surface area contributed by atoms with Crippen molar-refractivity contribution in [3.63, 3.8) is 0 Å². The van der Waals surface area contributed by atoms with Crippen molar-refractivity contribution in [3.05, 3.63) is 33.8 Å². The van der Waals surface area contributed by atoms with Gasteiger partial charge < -0.3 is 5.32 Å². The van der Waals surface area contributed by atoms with Crippen molar-refractivity contribution in [2.24, 2.45) is 5.92 Å². The number of rotatable bonds is 6. The number of hydrogen-bond acceptors (Lipinski definition) is 3. The van der Waals surface area contributed by atoms with Crippen LogP contribution in [0.15, 0.2) is 18.2 Å². The molecule has 0 radical (unpaired) electrons. The number of hydrogen-bond donors (Lipinski definition) is 1. The van der Waals surface area contributed by atoms with E-state index >= 15 is 0 Å². The molecule has 1 aromatic rings. The fourth-order valence-corrected chi connectivity index (χ4v) is 4.55. The molecule has 0 saturated heterocycles. The highest BCUT2D eigenvalue weighted by atomic mass is 35.5. The van der Waals surface area contributed by atoms with E-state index in [1.807, 2.05) is 0 Å². The molecular formula is C17H23Cl2NO3S. The number of carbonyl (C=O) groups excluding carboxylic acids is 1. The number of amides is 1. The van der Waals surface area contributed by atoms with Gasteiger partial charge in [-0.3, -0.25) is 4.79 Å². The minimum absolute atomic E-state index is 0.234. The Balaban J connectivity index is 1.94. The summed E-state index contributed by atoms with van der Waals surface area (Å²) in [5, 5.41) is 2.39. The first kappa shape index (κ1) is 19.5. The lowest BCUT2D eigenvalue weighted by Gasteiger charge is -2.22. The second-order valence-corrected chi connectivity index (χ2v) is 9.58. The summed E-state index contributed by atoms with van der Waals surface area (Å²) in [5.41, 5.74) is 0.524. The molecule has 2 rings (SSSR count). The van der Waals surface area contributed by atoms with Gasteiger partial charge in [0, 0.05) is 6.54 Å². The lowest BCUT2D eigenvalue weighted by atomic mass is 9.89. The Kier molecular flexibility index (Phi) is 6.96. The molecule has 134 valence electrons. The third kappa shape index (κ3) is 5.36. The van der Waals surface area contributed by atoms with Gasteiger partial charge in [-0.15, -0.1) is 0 Å². The maximum atomic E-state index is 12.5. The molecule has 0 aromatic heterocycles. The summed E-state index contributed by atoms with van der Waals surface area (Å²) in [7, 11) is -3.61. The van der Waals surface area contributed by atoms with E-state index in [0.29, 0.717) is 28.1 Å². The molecule has 1 saturated carbocycles. The summed E-state index contributed by atoms with van der Waals surface area (Å²) in [6.07, 6.45) is 5.83. The second-order valence-electron chi connectivity index (χ2n) is 6.45. The van der Waals surface area contributed by atoms with Crippen molar-refractivity contribution in [2.45, 2.75) is 50.0 Å². The van der Waals surface area contributed by atoms with E-state index in [1.165, 1.54) is 32.3 Å². The minimum Gasteiger partial charge on any atom is -0.355 e. The molecule has 1 N–H and O–H groups in total. The van der Waals surface area contributed by atoms with Crippen LogP contribution >= 0.6 is 23.2 Å². The molecule has 1 aliphatic rings. The molecule has 4 nitrogen and oxygen atoms in total. The van der Waals surface area contributed by atoms with Gasteiger partial charge in [0.1, 0.15) is 5.25 Å². The lowest BCUT2D eigenvalue weighted by molar-refractivity contribution is -0.120. The van der Waals surface area contributed by atoms with E-state index in [-0.39, 0.29) is 5.75 Å². The van der Waals surface area contributed by atoms with E-state index in [4.69, 9.17) is 23.2 Å². The molecule has 0 heterocycles. The maximum Gasteiger partial charge on any atom is 0.238 e. The summed E-state index contributed by atoms with van der Waals surface area (Å²) < 4.78 is 24.9. The van der Waals surface area contributed by atoms with Crippen LogP contribution < -0.4 is 5.32 Å². The third-order valence-corrected chi connectivity index (χ3v) is 7.32. The Bertz CT molecular complexity index is 685. The van der Waals surface area contributed by atoms with Gasteiger partial charge in [0.15, 0.2) is 9.84 Å². The number of halogens is 2. The first-order valence-electron chi connectivity index (χ1n) is 8.23. The topological polar surface area (TPSA) is 63.2 Å². The quantitative estimate of drug-likeness (QED) is 0.796. The van der Waals surface area contributed by atoms with E-state index < -0.39 is 21.0 Å². The predicted octanol–water partition coefficient (Wildman–Crippen LogP) is 3.99. The van der Waals surface area contributed by atoms with Gasteiger partial charge in [-0.25, -0.2) is 8.42 Å². The highest BCUT2D eigenvalue weighted by molar-refractivity contribution is 7.92. The maximum absolute atomic E-state index is 12.5. The van der Waals surface area contributed by atoms with E-state index in [1.54, 1.807) is 12.1 Å². The van der Waals surface area contributed by atoms with Crippen LogP contribution in [-0.2, 0) is 20.4 Å². The smallest absolute Gasteiger partial charge is 0.238 e. The Labute approximate surface area is 153 Å². The van der Waals surface area contributed by atoms with E-state index in [0.717, 1.165) is 12.8 Å². The zero-order chi connectivity index (χ0) is 17.7. The average molecular weight is 392 g/mol. The largest absolute Gasteiger partial charge is 0.355 e. The summed E-state index contributed by atoms with van der Waals surface area (Å²) in [6.45, 7) is 1.99. The van der Waals surface area contributed by atoms with Crippen molar-refractivity contribution in [1.82, 2.24) is 5.32 Å². The molecule has 1 aliphatic carbocycles. The molecule has 1 unspecified atom stereocenters. The SMILES string of the molecule is CC(C(=O)NCC1CCCCC1)S(=O)(=O)Cc1ccc(Cl)c(Cl)c1. The highest BCUT2D eigenvalue weighted by Gasteiger charge is 2.28. The summed E-state index contributed by atoms with van der Waals surface area (Å²) >= 11 is 11.7. The van der Waals surface area contributed by atoms with Crippen molar-refractivity contribution in [3.8, 4) is 0 Å². The zero-order valence-corrected chi connectivity index (χ0v) is 16.1. The van der Waals surface area contributed by atoms with Gasteiger partial charge in [-0.2, -0.15) is 0 Å². The molecule has 24 heavy (non-hydrogen) atoms. The highest BCUT2D eigenvalue weighted by Crippen LogP contribution is 2.25. The van der Waals surface area contributed by atoms with Crippen LogP contribution in [0.3, 0.4) is 0 Å². The van der Waals surface area contributed by atoms with Gasteiger partial charge in [0.25, 0.3) is 0 Å². The van der Waals surface area contributed by atoms with Gasteiger partial charge >= 0.3 is 0 Å². The predicted molar refractivity (Wildman–Crippen MR) is 98.1 cm³/mol. The molecule has 1 fully saturated rings. The van der Waals surface area contributed by atoms with Crippen LogP contribution in [0.5, 0.6) is 0 Å². The van der Waals surface area contributed by atoms with Crippen LogP contribution in [0.2, 0.25) is 10.0 Å². The monoisotopic (exact) mass is 391 g/mol. The standard InChI is InChI=1S/C17H23Cl2NO3S/c1-12(17(21)20-10-13-5-3-2-4-6-13)24(22,23)11-14-7-8-15(18)16(19)9-14/h7-9,12-13H,2-6,10-11H2,1H3,(H,20,21). The molecular weight excluding hydrogens is 369 g/mol. The molecule has 1 aromatic carbocycles. The summed E-state index contributed by atoms with van der Waals surface area (Å²) in [5.74, 6) is -0.199. The number of carbonyl (C=O) groups is 1. The van der Waals surface area contributed by atoms with Gasteiger partial charge in [0.05, 0.1) is 15.8 Å². The third-order valence-electron chi connectivity index (χ3n) is 4.55. The Hall–Kier alpha value is -0.780. The molecule has 0 spiro atoms. The Morgan fingerprint density at radius 2 is 1.88 bits per heavy atom. The second kappa shape index (κ2) is 8.54. The van der Waals surface area contributed by atoms with Crippen molar-refractivity contribution in [1.29, 1.82) is 0 Å². The van der Waals surface area contributed by atoms with Crippen LogP contribution in [0.4, 0.5) is 0 Å². The molecule has 0 bridgehead atoms. The number of nitrogens with one attached hydrogen (secondary N) is 1. The first-order valence-corrected chi connectivity index (χ1v) is 10.7. The molecule has 7 heteroatoms. The van der Waals surface area contributed by atoms with Gasteiger partial charge in [-0.1, -0.05) is 48.5 Å². The Morgan fingerprint density at radius 1 is 1.21 bits per heavy atom. The molecule has 1 amide bonds. The number of sulfone groups is 1. The van der Waals surface area contributed by atoms with E-state index in [9.17, 15) is 13.2 Å². The zero-order valence-electron chi connectivity index (χ0n) is 13.7. The summed E-state index contributed by atoms with van der Waals surface area (Å²) in [6, 6.07) is 4.69. The van der Waals surface area contributed by atoms with Crippen molar-refractivity contribution in [2.75, 3.05) is 6.54 Å². The average Bonchev–Trinajstić information content (AvgIpc) is 2.56. The van der Waals surface area contributed by atoms with Gasteiger partial charge in [0.2, 0.25) is 5.91 Å². The lowest BCUT2D eigenvalue weighted by Crippen LogP contribution is -2.40. The van der Waals surface area contributed by atoms with Crippen LogP contribution in [0, 0.1) is 5.92 Å². The van der Waals surface area contributed by atoms with Crippen molar-refractivity contribution >= 4 is 38.9 Å². The fraction of sp³-hybridized carbons (Fsp3) is 0.588. The molecule has 0 aliphatic heterocycles. The summed E-state index contributed by atoms with van der Waals surface area (Å²) in [4.78, 5) is 12.2. The molecule has 1 atom stereocenters. The fourth-order valence-electron chi connectivity index (χ4n) is 2.93. The van der Waals surface area contributed by atoms with Crippen LogP contribution in [0.1, 0.15) is 44.6 Å². The Morgan fingerprint density at radius 3 is 2.50 bits per heavy atom.